The number of carbonyl (C=O) groups is 1. The fourth-order valence-electron chi connectivity index (χ4n) is 3.84. The number of thioether (sulfide) groups is 1. The van der Waals surface area contributed by atoms with Gasteiger partial charge in [0.25, 0.3) is 11.2 Å². The number of carbonyl (C=O) groups excluding carboxylic acids is 1. The molecule has 0 radical (unpaired) electrons. The van der Waals surface area contributed by atoms with Crippen LogP contribution in [0.15, 0.2) is 52.4 Å². The van der Waals surface area contributed by atoms with E-state index in [1.54, 1.807) is 33.7 Å². The van der Waals surface area contributed by atoms with Crippen LogP contribution in [-0.4, -0.2) is 32.7 Å². The van der Waals surface area contributed by atoms with Gasteiger partial charge >= 0.3 is 0 Å². The van der Waals surface area contributed by atoms with Gasteiger partial charge in [-0.25, -0.2) is 4.98 Å². The zero-order valence-electron chi connectivity index (χ0n) is 17.1. The third-order valence-corrected chi connectivity index (χ3v) is 6.25. The minimum absolute atomic E-state index is 0.0337. The van der Waals surface area contributed by atoms with Crippen molar-refractivity contribution < 1.29 is 9.72 Å². The van der Waals surface area contributed by atoms with Gasteiger partial charge in [-0.05, 0) is 43.0 Å². The number of aryl methyl sites for hydroxylation is 1. The Hall–Kier alpha value is -3.20. The molecule has 2 heterocycles. The van der Waals surface area contributed by atoms with Crippen LogP contribution in [0.1, 0.15) is 25.3 Å². The van der Waals surface area contributed by atoms with Crippen molar-refractivity contribution in [1.82, 2.24) is 9.55 Å². The Morgan fingerprint density at radius 1 is 1.26 bits per heavy atom. The van der Waals surface area contributed by atoms with E-state index < -0.39 is 4.92 Å². The van der Waals surface area contributed by atoms with Crippen LogP contribution < -0.4 is 10.5 Å². The zero-order valence-corrected chi connectivity index (χ0v) is 17.9. The highest BCUT2D eigenvalue weighted by Gasteiger charge is 2.25. The molecule has 1 aliphatic rings. The Morgan fingerprint density at radius 2 is 2.06 bits per heavy atom. The molecule has 0 saturated heterocycles. The van der Waals surface area contributed by atoms with E-state index in [1.807, 2.05) is 19.1 Å². The predicted molar refractivity (Wildman–Crippen MR) is 121 cm³/mol. The first-order chi connectivity index (χ1) is 15.0. The van der Waals surface area contributed by atoms with Crippen molar-refractivity contribution in [1.29, 1.82) is 0 Å². The van der Waals surface area contributed by atoms with Crippen LogP contribution in [0.5, 0.6) is 0 Å². The molecule has 0 bridgehead atoms. The Labute approximate surface area is 183 Å². The van der Waals surface area contributed by atoms with Gasteiger partial charge in [0.2, 0.25) is 5.91 Å². The molecule has 1 amide bonds. The van der Waals surface area contributed by atoms with E-state index in [9.17, 15) is 19.7 Å². The summed E-state index contributed by atoms with van der Waals surface area (Å²) in [6.45, 7) is 3.09. The van der Waals surface area contributed by atoms with Gasteiger partial charge in [-0.15, -0.1) is 0 Å². The molecule has 1 aromatic heterocycles. The number of para-hydroxylation sites is 1. The fourth-order valence-corrected chi connectivity index (χ4v) is 4.74. The lowest BCUT2D eigenvalue weighted by Gasteiger charge is -2.29. The van der Waals surface area contributed by atoms with Gasteiger partial charge in [-0.2, -0.15) is 0 Å². The van der Waals surface area contributed by atoms with Crippen LogP contribution in [0.2, 0.25) is 0 Å². The Morgan fingerprint density at radius 3 is 2.84 bits per heavy atom. The predicted octanol–water partition coefficient (Wildman–Crippen LogP) is 3.79. The highest BCUT2D eigenvalue weighted by atomic mass is 32.2. The minimum atomic E-state index is -0.421. The number of hydrogen-bond acceptors (Lipinski definition) is 6. The molecule has 0 fully saturated rings. The third-order valence-electron chi connectivity index (χ3n) is 5.29. The smallest absolute Gasteiger partial charge is 0.269 e. The van der Waals surface area contributed by atoms with Gasteiger partial charge in [0.1, 0.15) is 0 Å². The Balaban J connectivity index is 1.59. The maximum Gasteiger partial charge on any atom is 0.269 e. The number of hydrogen-bond donors (Lipinski definition) is 0. The van der Waals surface area contributed by atoms with Crippen LogP contribution in [0.3, 0.4) is 0 Å². The second kappa shape index (κ2) is 8.89. The third kappa shape index (κ3) is 4.18. The van der Waals surface area contributed by atoms with Gasteiger partial charge in [-0.3, -0.25) is 24.3 Å². The van der Waals surface area contributed by atoms with E-state index in [4.69, 9.17) is 0 Å². The summed E-state index contributed by atoms with van der Waals surface area (Å²) >= 11 is 1.25. The number of aromatic nitrogens is 2. The molecule has 1 aliphatic heterocycles. The number of amides is 1. The molecule has 2 aromatic carbocycles. The summed E-state index contributed by atoms with van der Waals surface area (Å²) in [6, 6.07) is 11.8. The average Bonchev–Trinajstić information content (AvgIpc) is 2.78. The molecule has 0 aliphatic carbocycles. The highest BCUT2D eigenvalue weighted by Crippen LogP contribution is 2.31. The monoisotopic (exact) mass is 438 g/mol. The van der Waals surface area contributed by atoms with Crippen molar-refractivity contribution in [2.75, 3.05) is 17.2 Å². The van der Waals surface area contributed by atoms with Crippen molar-refractivity contribution in [3.8, 4) is 0 Å². The molecular weight excluding hydrogens is 416 g/mol. The summed E-state index contributed by atoms with van der Waals surface area (Å²) in [5, 5.41) is 12.1. The Kier molecular flexibility index (Phi) is 6.03. The van der Waals surface area contributed by atoms with Crippen molar-refractivity contribution >= 4 is 39.9 Å². The molecular formula is C22H22N4O4S. The summed E-state index contributed by atoms with van der Waals surface area (Å²) in [6.07, 6.45) is 2.23. The fraction of sp³-hybridized carbons (Fsp3) is 0.318. The summed E-state index contributed by atoms with van der Waals surface area (Å²) in [4.78, 5) is 42.9. The van der Waals surface area contributed by atoms with Crippen LogP contribution in [-0.2, 0) is 17.8 Å². The number of rotatable bonds is 6. The van der Waals surface area contributed by atoms with E-state index in [0.29, 0.717) is 35.6 Å². The molecule has 160 valence electrons. The van der Waals surface area contributed by atoms with Crippen molar-refractivity contribution in [3.63, 3.8) is 0 Å². The van der Waals surface area contributed by atoms with Gasteiger partial charge in [0.05, 0.1) is 21.6 Å². The average molecular weight is 439 g/mol. The molecule has 0 saturated carbocycles. The molecule has 0 unspecified atom stereocenters. The number of anilines is 1. The molecule has 31 heavy (non-hydrogen) atoms. The largest absolute Gasteiger partial charge is 0.311 e. The van der Waals surface area contributed by atoms with Gasteiger partial charge in [0.15, 0.2) is 5.16 Å². The summed E-state index contributed by atoms with van der Waals surface area (Å²) in [7, 11) is 0. The molecule has 4 rings (SSSR count). The van der Waals surface area contributed by atoms with Crippen molar-refractivity contribution in [2.24, 2.45) is 0 Å². The lowest BCUT2D eigenvalue weighted by Crippen LogP contribution is -2.37. The SMILES string of the molecule is CCCn1c(SCC(=O)N2CCCc3cc([N+](=O)[O-])ccc32)nc2ccccc2c1=O. The lowest BCUT2D eigenvalue weighted by molar-refractivity contribution is -0.384. The molecule has 0 spiro atoms. The maximum absolute atomic E-state index is 13.0. The first-order valence-corrected chi connectivity index (χ1v) is 11.2. The second-order valence-corrected chi connectivity index (χ2v) is 8.32. The van der Waals surface area contributed by atoms with Gasteiger partial charge in [-0.1, -0.05) is 30.8 Å². The zero-order chi connectivity index (χ0) is 22.0. The number of fused-ring (bicyclic) bond motifs is 2. The van der Waals surface area contributed by atoms with Crippen LogP contribution in [0, 0.1) is 10.1 Å². The number of benzene rings is 2. The molecule has 0 atom stereocenters. The summed E-state index contributed by atoms with van der Waals surface area (Å²) in [5.41, 5.74) is 2.08. The molecule has 8 nitrogen and oxygen atoms in total. The molecule has 9 heteroatoms. The first kappa shape index (κ1) is 21.0. The standard InChI is InChI=1S/C22H22N4O4S/c1-2-11-25-21(28)17-7-3-4-8-18(17)23-22(25)31-14-20(27)24-12-5-6-15-13-16(26(29)30)9-10-19(15)24/h3-4,7-10,13H,2,5-6,11-12,14H2,1H3. The van der Waals surface area contributed by atoms with E-state index in [0.717, 1.165) is 24.1 Å². The number of nitrogens with zero attached hydrogens (tertiary/aromatic N) is 4. The van der Waals surface area contributed by atoms with Gasteiger partial charge in [0, 0.05) is 30.9 Å². The van der Waals surface area contributed by atoms with Crippen LogP contribution in [0.25, 0.3) is 10.9 Å². The van der Waals surface area contributed by atoms with Crippen molar-refractivity contribution in [3.05, 3.63) is 68.5 Å². The maximum atomic E-state index is 13.0. The molecule has 3 aromatic rings. The van der Waals surface area contributed by atoms with E-state index in [1.165, 1.54) is 17.8 Å². The number of nitro groups is 1. The first-order valence-electron chi connectivity index (χ1n) is 10.2. The quantitative estimate of drug-likeness (QED) is 0.251. The van der Waals surface area contributed by atoms with Crippen LogP contribution in [0.4, 0.5) is 11.4 Å². The molecule has 0 N–H and O–H groups in total. The summed E-state index contributed by atoms with van der Waals surface area (Å²) in [5.74, 6) is 0.0236. The van der Waals surface area contributed by atoms with E-state index >= 15 is 0 Å². The van der Waals surface area contributed by atoms with Gasteiger partial charge < -0.3 is 4.90 Å². The summed E-state index contributed by atoms with van der Waals surface area (Å²) < 4.78 is 1.63. The highest BCUT2D eigenvalue weighted by molar-refractivity contribution is 7.99. The van der Waals surface area contributed by atoms with Crippen LogP contribution >= 0.6 is 11.8 Å². The number of non-ortho nitro benzene ring substituents is 1. The van der Waals surface area contributed by atoms with E-state index in [2.05, 4.69) is 4.98 Å². The normalized spacial score (nSPS) is 13.3. The lowest BCUT2D eigenvalue weighted by atomic mass is 10.0. The van der Waals surface area contributed by atoms with Crippen molar-refractivity contribution in [2.45, 2.75) is 37.9 Å². The minimum Gasteiger partial charge on any atom is -0.311 e. The number of nitro benzene ring substituents is 1. The topological polar surface area (TPSA) is 98.3 Å². The second-order valence-electron chi connectivity index (χ2n) is 7.38. The Bertz CT molecular complexity index is 1220. The van der Waals surface area contributed by atoms with E-state index in [-0.39, 0.29) is 22.9 Å².